The lowest BCUT2D eigenvalue weighted by Crippen LogP contribution is -2.43. The highest BCUT2D eigenvalue weighted by atomic mass is 16.7. The summed E-state index contributed by atoms with van der Waals surface area (Å²) in [6.07, 6.45) is 5.74. The fraction of sp³-hybridized carbons (Fsp3) is 0.444. The normalized spacial score (nSPS) is 20.2. The number of rotatable bonds is 12. The number of carbonyl (C=O) groups is 3. The molecule has 240 valence electrons. The van der Waals surface area contributed by atoms with Crippen LogP contribution in [0.25, 0.3) is 0 Å². The van der Waals surface area contributed by atoms with Crippen LogP contribution in [0.3, 0.4) is 0 Å². The molecule has 0 radical (unpaired) electrons. The first-order valence-corrected chi connectivity index (χ1v) is 15.7. The molecule has 1 fully saturated rings. The first-order valence-electron chi connectivity index (χ1n) is 15.7. The molecule has 1 aliphatic heterocycles. The maximum absolute atomic E-state index is 13.5. The molecule has 0 spiro atoms. The van der Waals surface area contributed by atoms with Crippen molar-refractivity contribution in [3.8, 4) is 11.5 Å². The smallest absolute Gasteiger partial charge is 0.328 e. The van der Waals surface area contributed by atoms with Gasteiger partial charge in [-0.05, 0) is 62.0 Å². The fourth-order valence-corrected chi connectivity index (χ4v) is 5.83. The van der Waals surface area contributed by atoms with Crippen molar-refractivity contribution in [3.05, 3.63) is 89.7 Å². The third-order valence-corrected chi connectivity index (χ3v) is 8.30. The molecule has 1 amide bonds. The number of pyridine rings is 1. The van der Waals surface area contributed by atoms with E-state index in [0.29, 0.717) is 12.3 Å². The lowest BCUT2D eigenvalue weighted by atomic mass is 9.77. The summed E-state index contributed by atoms with van der Waals surface area (Å²) in [5, 5.41) is 2.83. The minimum absolute atomic E-state index is 0.0164. The molecular weight excluding hydrogens is 572 g/mol. The van der Waals surface area contributed by atoms with Crippen molar-refractivity contribution in [2.75, 3.05) is 13.9 Å². The average molecular weight is 617 g/mol. The van der Waals surface area contributed by atoms with Crippen molar-refractivity contribution in [3.63, 3.8) is 0 Å². The molecule has 1 saturated heterocycles. The first-order chi connectivity index (χ1) is 21.8. The summed E-state index contributed by atoms with van der Waals surface area (Å²) >= 11 is 0. The Morgan fingerprint density at radius 2 is 1.69 bits per heavy atom. The number of esters is 2. The minimum Gasteiger partial charge on any atom is -0.493 e. The van der Waals surface area contributed by atoms with E-state index in [1.807, 2.05) is 31.2 Å². The second kappa shape index (κ2) is 16.6. The zero-order valence-electron chi connectivity index (χ0n) is 26.6. The third-order valence-electron chi connectivity index (χ3n) is 8.30. The second-order valence-corrected chi connectivity index (χ2v) is 11.8. The van der Waals surface area contributed by atoms with Gasteiger partial charge in [0.15, 0.2) is 17.2 Å². The number of ether oxygens (including phenoxy) is 4. The van der Waals surface area contributed by atoms with Gasteiger partial charge in [-0.3, -0.25) is 9.59 Å². The van der Waals surface area contributed by atoms with Crippen LogP contribution in [0, 0.1) is 17.8 Å². The highest BCUT2D eigenvalue weighted by Crippen LogP contribution is 2.34. The highest BCUT2D eigenvalue weighted by molar-refractivity contribution is 5.98. The molecule has 2 aromatic carbocycles. The average Bonchev–Trinajstić information content (AvgIpc) is 3.09. The topological polar surface area (TPSA) is 113 Å². The van der Waals surface area contributed by atoms with E-state index in [0.717, 1.165) is 32.1 Å². The second-order valence-electron chi connectivity index (χ2n) is 11.8. The van der Waals surface area contributed by atoms with Gasteiger partial charge in [-0.15, -0.1) is 0 Å². The van der Waals surface area contributed by atoms with E-state index in [1.54, 1.807) is 13.8 Å². The summed E-state index contributed by atoms with van der Waals surface area (Å²) < 4.78 is 22.2. The molecule has 4 rings (SSSR count). The van der Waals surface area contributed by atoms with Gasteiger partial charge >= 0.3 is 11.9 Å². The standard InChI is InChI=1S/C36H44N2O7/c1-24(2)35(40)44-23-43-33-31(42-4)20-21-37-32(33)34(39)38-30-17-11-16-28(22-27-14-9-6-10-15-27)29(25(3)45-36(30)41)19-18-26-12-7-5-8-13-26/h5-10,12-15,20-21,24-25,28-30H,11,16-19,22-23H2,1-4H3,(H,38,39)/t25-,28+,29-,30-/m0/s1. The van der Waals surface area contributed by atoms with Gasteiger partial charge in [0, 0.05) is 12.3 Å². The monoisotopic (exact) mass is 616 g/mol. The van der Waals surface area contributed by atoms with Crippen molar-refractivity contribution in [1.29, 1.82) is 0 Å². The number of hydrogen-bond donors (Lipinski definition) is 1. The molecule has 0 bridgehead atoms. The predicted molar refractivity (Wildman–Crippen MR) is 170 cm³/mol. The number of carbonyl (C=O) groups excluding carboxylic acids is 3. The van der Waals surface area contributed by atoms with Crippen LogP contribution in [0.1, 0.15) is 68.1 Å². The van der Waals surface area contributed by atoms with E-state index in [2.05, 4.69) is 46.7 Å². The molecule has 1 N–H and O–H groups in total. The quantitative estimate of drug-likeness (QED) is 0.196. The predicted octanol–water partition coefficient (Wildman–Crippen LogP) is 5.95. The summed E-state index contributed by atoms with van der Waals surface area (Å²) in [6, 6.07) is 21.4. The van der Waals surface area contributed by atoms with Gasteiger partial charge in [-0.25, -0.2) is 9.78 Å². The van der Waals surface area contributed by atoms with E-state index in [-0.39, 0.29) is 35.1 Å². The molecule has 4 atom stereocenters. The van der Waals surface area contributed by atoms with Crippen molar-refractivity contribution < 1.29 is 33.3 Å². The van der Waals surface area contributed by atoms with Gasteiger partial charge in [0.25, 0.3) is 5.91 Å². The van der Waals surface area contributed by atoms with E-state index in [9.17, 15) is 14.4 Å². The molecule has 9 nitrogen and oxygen atoms in total. The van der Waals surface area contributed by atoms with Crippen molar-refractivity contribution in [2.24, 2.45) is 17.8 Å². The van der Waals surface area contributed by atoms with Gasteiger partial charge < -0.3 is 24.3 Å². The Labute approximate surface area is 265 Å². The summed E-state index contributed by atoms with van der Waals surface area (Å²) in [7, 11) is 1.43. The number of nitrogens with one attached hydrogen (secondary N) is 1. The van der Waals surface area contributed by atoms with E-state index >= 15 is 0 Å². The van der Waals surface area contributed by atoms with Crippen LogP contribution in [0.4, 0.5) is 0 Å². The van der Waals surface area contributed by atoms with Crippen LogP contribution < -0.4 is 14.8 Å². The molecule has 0 aliphatic carbocycles. The molecule has 45 heavy (non-hydrogen) atoms. The number of amides is 1. The number of aromatic nitrogens is 1. The lowest BCUT2D eigenvalue weighted by molar-refractivity contribution is -0.155. The molecule has 0 unspecified atom stereocenters. The number of hydrogen-bond acceptors (Lipinski definition) is 8. The first kappa shape index (κ1) is 33.5. The van der Waals surface area contributed by atoms with Crippen LogP contribution in [-0.4, -0.2) is 48.9 Å². The van der Waals surface area contributed by atoms with Gasteiger partial charge in [0.05, 0.1) is 13.0 Å². The molecule has 9 heteroatoms. The Hall–Kier alpha value is -4.40. The minimum atomic E-state index is -0.871. The number of methoxy groups -OCH3 is 1. The van der Waals surface area contributed by atoms with E-state index in [4.69, 9.17) is 18.9 Å². The highest BCUT2D eigenvalue weighted by Gasteiger charge is 2.35. The summed E-state index contributed by atoms with van der Waals surface area (Å²) in [6.45, 7) is 4.95. The maximum atomic E-state index is 13.5. The van der Waals surface area contributed by atoms with E-state index < -0.39 is 30.7 Å². The number of nitrogens with zero attached hydrogens (tertiary/aromatic N) is 1. The summed E-state index contributed by atoms with van der Waals surface area (Å²) in [5.74, 6) is -1.19. The molecule has 0 saturated carbocycles. The van der Waals surface area contributed by atoms with Gasteiger partial charge in [-0.1, -0.05) is 80.9 Å². The molecular formula is C36H44N2O7. The van der Waals surface area contributed by atoms with Crippen LogP contribution in [-0.2, 0) is 31.9 Å². The van der Waals surface area contributed by atoms with Crippen molar-refractivity contribution in [2.45, 2.75) is 71.4 Å². The number of aryl methyl sites for hydroxylation is 1. The molecule has 1 aliphatic rings. The van der Waals surface area contributed by atoms with Crippen LogP contribution in [0.2, 0.25) is 0 Å². The van der Waals surface area contributed by atoms with Crippen LogP contribution in [0.5, 0.6) is 11.5 Å². The largest absolute Gasteiger partial charge is 0.493 e. The van der Waals surface area contributed by atoms with Crippen LogP contribution >= 0.6 is 0 Å². The Morgan fingerprint density at radius 1 is 1.00 bits per heavy atom. The molecule has 3 aromatic rings. The molecule has 1 aromatic heterocycles. The lowest BCUT2D eigenvalue weighted by Gasteiger charge is -2.31. The number of benzene rings is 2. The maximum Gasteiger partial charge on any atom is 0.328 e. The summed E-state index contributed by atoms with van der Waals surface area (Å²) in [5.41, 5.74) is 2.42. The third kappa shape index (κ3) is 9.54. The number of cyclic esters (lactones) is 1. The zero-order chi connectivity index (χ0) is 32.2. The fourth-order valence-electron chi connectivity index (χ4n) is 5.83. The van der Waals surface area contributed by atoms with Gasteiger partial charge in [0.1, 0.15) is 12.1 Å². The van der Waals surface area contributed by atoms with Crippen molar-refractivity contribution >= 4 is 17.8 Å². The van der Waals surface area contributed by atoms with Crippen molar-refractivity contribution in [1.82, 2.24) is 10.3 Å². The Bertz CT molecular complexity index is 1400. The van der Waals surface area contributed by atoms with Crippen LogP contribution in [0.15, 0.2) is 72.9 Å². The zero-order valence-corrected chi connectivity index (χ0v) is 26.6. The Balaban J connectivity index is 1.50. The molecule has 2 heterocycles. The van der Waals surface area contributed by atoms with E-state index in [1.165, 1.54) is 30.5 Å². The SMILES string of the molecule is COc1ccnc(C(=O)N[C@H]2CCC[C@H](Cc3ccccc3)[C@@H](CCc3ccccc3)[C@H](C)OC2=O)c1OCOC(=O)C(C)C. The Kier molecular flexibility index (Phi) is 12.4. The van der Waals surface area contributed by atoms with Gasteiger partial charge in [0.2, 0.25) is 6.79 Å². The Morgan fingerprint density at radius 3 is 2.36 bits per heavy atom. The van der Waals surface area contributed by atoms with Gasteiger partial charge in [-0.2, -0.15) is 0 Å². The summed E-state index contributed by atoms with van der Waals surface area (Å²) in [4.78, 5) is 43.2.